The zero-order valence-electron chi connectivity index (χ0n) is 63.3. The zero-order chi connectivity index (χ0) is 72.9. The Morgan fingerprint density at radius 2 is 0.419 bits per heavy atom. The van der Waals surface area contributed by atoms with E-state index < -0.39 is 0 Å². The van der Waals surface area contributed by atoms with Crippen LogP contribution in [-0.4, -0.2) is 99.2 Å². The van der Waals surface area contributed by atoms with Gasteiger partial charge in [0, 0.05) is 101 Å². The van der Waals surface area contributed by atoms with Crippen molar-refractivity contribution >= 4 is 146 Å². The summed E-state index contributed by atoms with van der Waals surface area (Å²) in [4.78, 5) is 46.9. The molecule has 0 amide bonds. The Bertz CT molecular complexity index is 5310. The van der Waals surface area contributed by atoms with Gasteiger partial charge in [0.2, 0.25) is 0 Å². The molecular formula is C89H92N16. The van der Waals surface area contributed by atoms with Gasteiger partial charge in [-0.1, -0.05) is 103 Å². The number of hydrogen-bond donors (Lipinski definition) is 0. The summed E-state index contributed by atoms with van der Waals surface area (Å²) in [6, 6.07) is 69.4. The van der Waals surface area contributed by atoms with Gasteiger partial charge in [-0.05, 0) is 232 Å². The molecule has 6 atom stereocenters. The fourth-order valence-electron chi connectivity index (χ4n) is 17.3. The summed E-state index contributed by atoms with van der Waals surface area (Å²) in [5.74, 6) is 3.58. The monoisotopic (exact) mass is 1380 g/mol. The quantitative estimate of drug-likeness (QED) is 0.158. The van der Waals surface area contributed by atoms with Gasteiger partial charge in [0.1, 0.15) is 37.0 Å². The van der Waals surface area contributed by atoms with E-state index in [0.717, 1.165) is 34.6 Å². The fourth-order valence-corrected chi connectivity index (χ4v) is 17.3. The van der Waals surface area contributed by atoms with Gasteiger partial charge in [0.05, 0.1) is 45.5 Å². The molecule has 11 aromatic carbocycles. The highest BCUT2D eigenvalue weighted by Crippen LogP contribution is 2.55. The van der Waals surface area contributed by atoms with Crippen molar-refractivity contribution in [3.8, 4) is 0 Å². The number of nitrogens with zero attached hydrogens (tertiary/aromatic N) is 16. The van der Waals surface area contributed by atoms with Crippen LogP contribution in [0.25, 0.3) is 43.1 Å². The molecule has 6 aliphatic rings. The summed E-state index contributed by atoms with van der Waals surface area (Å²) in [6.07, 6.45) is 8.10. The van der Waals surface area contributed by atoms with Crippen LogP contribution < -0.4 is 58.8 Å². The van der Waals surface area contributed by atoms with E-state index in [2.05, 4.69) is 385 Å². The zero-order valence-corrected chi connectivity index (χ0v) is 63.3. The van der Waals surface area contributed by atoms with E-state index in [1.165, 1.54) is 139 Å². The van der Waals surface area contributed by atoms with Crippen molar-refractivity contribution < 1.29 is 0 Å². The lowest BCUT2D eigenvalue weighted by molar-refractivity contribution is 0.718. The minimum atomic E-state index is 0.113. The second-order valence-electron chi connectivity index (χ2n) is 29.6. The first-order valence-corrected chi connectivity index (χ1v) is 36.8. The van der Waals surface area contributed by atoms with Gasteiger partial charge in [-0.2, -0.15) is 0 Å². The van der Waals surface area contributed by atoms with E-state index in [-0.39, 0.29) is 37.0 Å². The van der Waals surface area contributed by atoms with Gasteiger partial charge in [-0.3, -0.25) is 0 Å². The van der Waals surface area contributed by atoms with Crippen molar-refractivity contribution in [2.45, 2.75) is 113 Å². The van der Waals surface area contributed by atoms with Crippen LogP contribution in [0.15, 0.2) is 213 Å². The van der Waals surface area contributed by atoms with E-state index in [1.54, 1.807) is 24.8 Å². The van der Waals surface area contributed by atoms with Crippen molar-refractivity contribution in [3.05, 3.63) is 241 Å². The summed E-state index contributed by atoms with van der Waals surface area (Å²) in [6.45, 7) is 24.7. The van der Waals surface area contributed by atoms with Crippen LogP contribution >= 0.6 is 0 Å². The van der Waals surface area contributed by atoms with Crippen molar-refractivity contribution in [2.75, 3.05) is 101 Å². The molecule has 0 saturated carbocycles. The molecule has 6 aliphatic heterocycles. The predicted octanol–water partition coefficient (Wildman–Crippen LogP) is 20.4. The van der Waals surface area contributed by atoms with E-state index in [1.807, 2.05) is 0 Å². The van der Waals surface area contributed by atoms with Gasteiger partial charge in [-0.25, -0.2) is 19.9 Å². The lowest BCUT2D eigenvalue weighted by Crippen LogP contribution is -2.38. The third-order valence-electron chi connectivity index (χ3n) is 23.8. The van der Waals surface area contributed by atoms with Gasteiger partial charge in [0.25, 0.3) is 0 Å². The number of aromatic nitrogens is 4. The number of aryl methyl sites for hydroxylation is 2. The molecule has 8 heterocycles. The number of anilines is 18. The molecule has 0 N–H and O–H groups in total. The maximum absolute atomic E-state index is 4.66. The highest BCUT2D eigenvalue weighted by atomic mass is 15.5. The van der Waals surface area contributed by atoms with E-state index in [9.17, 15) is 0 Å². The predicted molar refractivity (Wildman–Crippen MR) is 443 cm³/mol. The Balaban J connectivity index is 0.000000117. The SMILES string of the molecule is Cc1c(N2c3cc4ccccc4cc3N(C)[C@H]2C)cccc1N1c2cc3ccccc3cc2N(C)[C@@H]1C.Cc1cc(N2c3cc4ccccc4cc3N(C)[C@H]2C)c(C)c(N2c3cc4ccccc4cc3N(C)[C@@H]2C)c1.Cc1cc(N2c3nccnc3N(C)[C@H]2C)c(C)c(N2c3nccnc3N(C)[C@@H]2C)c1. The molecule has 16 heteroatoms. The Morgan fingerprint density at radius 3 is 0.686 bits per heavy atom. The second kappa shape index (κ2) is 25.3. The molecule has 0 aliphatic carbocycles. The first kappa shape index (κ1) is 66.5. The highest BCUT2D eigenvalue weighted by Gasteiger charge is 2.42. The molecule has 0 radical (unpaired) electrons. The maximum atomic E-state index is 4.66. The molecule has 0 unspecified atom stereocenters. The molecule has 0 spiro atoms. The minimum absolute atomic E-state index is 0.113. The Kier molecular flexibility index (Phi) is 16.0. The molecular weight excluding hydrogens is 1290 g/mol. The van der Waals surface area contributed by atoms with Gasteiger partial charge >= 0.3 is 0 Å². The molecule has 2 aromatic heterocycles. The smallest absolute Gasteiger partial charge is 0.178 e. The number of hydrogen-bond acceptors (Lipinski definition) is 16. The molecule has 0 fully saturated rings. The van der Waals surface area contributed by atoms with Gasteiger partial charge < -0.3 is 58.8 Å². The van der Waals surface area contributed by atoms with Crippen molar-refractivity contribution in [1.29, 1.82) is 0 Å². The molecule has 13 aromatic rings. The van der Waals surface area contributed by atoms with Gasteiger partial charge in [0.15, 0.2) is 23.3 Å². The molecule has 0 bridgehead atoms. The van der Waals surface area contributed by atoms with Gasteiger partial charge in [-0.15, -0.1) is 0 Å². The van der Waals surface area contributed by atoms with Crippen LogP contribution in [0.4, 0.5) is 103 Å². The number of fused-ring (bicyclic) bond motifs is 10. The lowest BCUT2D eigenvalue weighted by atomic mass is 10.0. The molecule has 105 heavy (non-hydrogen) atoms. The van der Waals surface area contributed by atoms with Crippen LogP contribution in [0.5, 0.6) is 0 Å². The van der Waals surface area contributed by atoms with Crippen LogP contribution in [0.3, 0.4) is 0 Å². The summed E-state index contributed by atoms with van der Waals surface area (Å²) in [5.41, 5.74) is 23.8. The summed E-state index contributed by atoms with van der Waals surface area (Å²) >= 11 is 0. The largest absolute Gasteiger partial charge is 0.352 e. The van der Waals surface area contributed by atoms with Crippen molar-refractivity contribution in [2.24, 2.45) is 0 Å². The topological polar surface area (TPSA) is 90.4 Å². The normalized spacial score (nSPS) is 19.1. The maximum Gasteiger partial charge on any atom is 0.178 e. The van der Waals surface area contributed by atoms with Crippen LogP contribution in [0, 0.1) is 34.6 Å². The number of rotatable bonds is 6. The fraction of sp³-hybridized carbons (Fsp3) is 0.258. The van der Waals surface area contributed by atoms with Crippen LogP contribution in [0.1, 0.15) is 69.4 Å². The summed E-state index contributed by atoms with van der Waals surface area (Å²) in [5, 5.41) is 10.2. The Hall–Kier alpha value is -11.8. The molecule has 16 nitrogen and oxygen atoms in total. The highest BCUT2D eigenvalue weighted by molar-refractivity contribution is 6.03. The van der Waals surface area contributed by atoms with Crippen LogP contribution in [0.2, 0.25) is 0 Å². The lowest BCUT2D eigenvalue weighted by Gasteiger charge is -2.34. The molecule has 0 saturated heterocycles. The Labute approximate surface area is 617 Å². The first-order chi connectivity index (χ1) is 50.7. The third-order valence-corrected chi connectivity index (χ3v) is 23.8. The molecule has 19 rings (SSSR count). The van der Waals surface area contributed by atoms with Crippen molar-refractivity contribution in [1.82, 2.24) is 19.9 Å². The first-order valence-electron chi connectivity index (χ1n) is 36.8. The summed E-state index contributed by atoms with van der Waals surface area (Å²) in [7, 11) is 13.0. The average molecular weight is 1390 g/mol. The average Bonchev–Trinajstić information content (AvgIpc) is 1.61. The standard InChI is InChI=1S/C34H34N4.C33H32N4.C22H26N8/c1-21-15-29(37-23(3)35(5)31-17-25-11-7-9-13-27(25)19-33(31)37)22(2)30(16-21)38-24(4)36(6)32-18-26-12-8-10-14-28(26)20-34(32)38;1-21-28(36-22(2)34(4)30-17-24-11-6-8-13-26(24)19-32(30)36)15-10-16-29(21)37-23(3)35(5)31-18-25-12-7-9-14-27(25)20-33(31)37;1-13-11-17(29-15(3)27(5)19-21(29)25-9-7-23-19)14(2)18(12-13)30-16(4)28(6)20-22(30)26-10-8-24-20/h7-20,23-24H,1-6H3;6-20,22-23H,1-5H3;7-12,15-16H,1-6H3/t23-,24+;22-,23+;15-,16+. The van der Waals surface area contributed by atoms with Crippen molar-refractivity contribution in [3.63, 3.8) is 0 Å². The van der Waals surface area contributed by atoms with E-state index in [4.69, 9.17) is 0 Å². The third kappa shape index (κ3) is 10.4. The molecule has 528 valence electrons. The van der Waals surface area contributed by atoms with E-state index >= 15 is 0 Å². The Morgan fingerprint density at radius 1 is 0.210 bits per heavy atom. The second-order valence-corrected chi connectivity index (χ2v) is 29.6. The van der Waals surface area contributed by atoms with Crippen LogP contribution in [-0.2, 0) is 0 Å². The summed E-state index contributed by atoms with van der Waals surface area (Å²) < 4.78 is 0. The number of benzene rings is 11. The van der Waals surface area contributed by atoms with E-state index in [0.29, 0.717) is 0 Å². The minimum Gasteiger partial charge on any atom is -0.352 e.